The number of halogens is 1. The van der Waals surface area contributed by atoms with Crippen LogP contribution in [0.5, 0.6) is 0 Å². The fraction of sp³-hybridized carbons (Fsp3) is 0.615. The van der Waals surface area contributed by atoms with Gasteiger partial charge in [0, 0.05) is 25.3 Å². The third-order valence-electron chi connectivity index (χ3n) is 2.86. The number of hydrogen-bond donors (Lipinski definition) is 2. The van der Waals surface area contributed by atoms with Gasteiger partial charge in [0.1, 0.15) is 10.7 Å². The summed E-state index contributed by atoms with van der Waals surface area (Å²) >= 11 is 6.08. The molecule has 120 valence electrons. The second kappa shape index (κ2) is 7.93. The highest BCUT2D eigenvalue weighted by Gasteiger charge is 2.27. The molecule has 1 heterocycles. The molecule has 2 N–H and O–H groups in total. The Bertz CT molecular complexity index is 564. The summed E-state index contributed by atoms with van der Waals surface area (Å²) in [5.41, 5.74) is 0. The molecule has 0 unspecified atom stereocenters. The van der Waals surface area contributed by atoms with E-state index in [9.17, 15) is 8.42 Å². The van der Waals surface area contributed by atoms with Crippen LogP contribution in [0.25, 0.3) is 0 Å². The number of aromatic nitrogens is 1. The maximum atomic E-state index is 12.5. The number of pyridine rings is 1. The lowest BCUT2D eigenvalue weighted by atomic mass is 10.4. The predicted molar refractivity (Wildman–Crippen MR) is 84.1 cm³/mol. The second-order valence-electron chi connectivity index (χ2n) is 4.86. The highest BCUT2D eigenvalue weighted by atomic mass is 35.5. The largest absolute Gasteiger partial charge is 0.395 e. The van der Waals surface area contributed by atoms with Crippen LogP contribution >= 0.6 is 11.6 Å². The summed E-state index contributed by atoms with van der Waals surface area (Å²) < 4.78 is 26.3. The topological polar surface area (TPSA) is 82.5 Å². The van der Waals surface area contributed by atoms with E-state index in [1.54, 1.807) is 13.8 Å². The lowest BCUT2D eigenvalue weighted by Crippen LogP contribution is -2.39. The first-order valence-electron chi connectivity index (χ1n) is 6.86. The van der Waals surface area contributed by atoms with E-state index < -0.39 is 10.0 Å². The molecule has 1 rings (SSSR count). The van der Waals surface area contributed by atoms with Gasteiger partial charge in [-0.05, 0) is 26.3 Å². The van der Waals surface area contributed by atoms with Crippen LogP contribution in [0.1, 0.15) is 27.2 Å². The molecule has 0 aliphatic carbocycles. The third-order valence-corrected chi connectivity index (χ3v) is 5.19. The first-order chi connectivity index (χ1) is 9.84. The molecule has 1 aromatic rings. The molecule has 0 aliphatic rings. The van der Waals surface area contributed by atoms with E-state index in [-0.39, 0.29) is 29.1 Å². The maximum Gasteiger partial charge on any atom is 0.244 e. The van der Waals surface area contributed by atoms with Crippen LogP contribution in [0.15, 0.2) is 17.2 Å². The van der Waals surface area contributed by atoms with Crippen LogP contribution in [0.2, 0.25) is 5.02 Å². The molecule has 0 fully saturated rings. The van der Waals surface area contributed by atoms with Crippen molar-refractivity contribution in [3.8, 4) is 0 Å². The van der Waals surface area contributed by atoms with Gasteiger partial charge in [-0.2, -0.15) is 4.31 Å². The zero-order valence-corrected chi connectivity index (χ0v) is 14.1. The van der Waals surface area contributed by atoms with Crippen LogP contribution in [0.3, 0.4) is 0 Å². The van der Waals surface area contributed by atoms with Crippen molar-refractivity contribution in [2.45, 2.75) is 38.1 Å². The molecule has 0 atom stereocenters. The number of nitrogens with zero attached hydrogens (tertiary/aromatic N) is 2. The summed E-state index contributed by atoms with van der Waals surface area (Å²) in [4.78, 5) is 4.10. The van der Waals surface area contributed by atoms with E-state index in [0.717, 1.165) is 6.42 Å². The summed E-state index contributed by atoms with van der Waals surface area (Å²) in [6.45, 7) is 6.01. The minimum Gasteiger partial charge on any atom is -0.395 e. The van der Waals surface area contributed by atoms with Gasteiger partial charge < -0.3 is 10.4 Å². The van der Waals surface area contributed by atoms with Crippen LogP contribution in [0, 0.1) is 0 Å². The molecule has 21 heavy (non-hydrogen) atoms. The fourth-order valence-corrected chi connectivity index (χ4v) is 3.72. The lowest BCUT2D eigenvalue weighted by molar-refractivity contribution is 0.236. The molecule has 0 aliphatic heterocycles. The van der Waals surface area contributed by atoms with E-state index in [4.69, 9.17) is 16.7 Å². The summed E-state index contributed by atoms with van der Waals surface area (Å²) in [5, 5.41) is 12.3. The standard InChI is InChI=1S/C13H22ClN3O3S/c1-4-5-15-13-12(14)8-11(9-16-13)21(19,20)17(6-7-18)10(2)3/h8-10,18H,4-7H2,1-3H3,(H,15,16). The molecule has 1 aromatic heterocycles. The van der Waals surface area contributed by atoms with Crippen molar-refractivity contribution >= 4 is 27.4 Å². The van der Waals surface area contributed by atoms with Gasteiger partial charge in [0.25, 0.3) is 0 Å². The molecular formula is C13H22ClN3O3S. The SMILES string of the molecule is CCCNc1ncc(S(=O)(=O)N(CCO)C(C)C)cc1Cl. The normalized spacial score (nSPS) is 12.1. The van der Waals surface area contributed by atoms with Crippen LogP contribution in [-0.2, 0) is 10.0 Å². The number of sulfonamides is 1. The van der Waals surface area contributed by atoms with Gasteiger partial charge >= 0.3 is 0 Å². The first kappa shape index (κ1) is 18.2. The zero-order chi connectivity index (χ0) is 16.0. The molecule has 0 aromatic carbocycles. The van der Waals surface area contributed by atoms with E-state index >= 15 is 0 Å². The fourth-order valence-electron chi connectivity index (χ4n) is 1.82. The van der Waals surface area contributed by atoms with Gasteiger partial charge in [0.2, 0.25) is 10.0 Å². The number of nitrogens with one attached hydrogen (secondary N) is 1. The quantitative estimate of drug-likeness (QED) is 0.758. The summed E-state index contributed by atoms with van der Waals surface area (Å²) in [6.07, 6.45) is 2.20. The Hall–Kier alpha value is -0.890. The van der Waals surface area contributed by atoms with E-state index in [2.05, 4.69) is 10.3 Å². The number of aliphatic hydroxyl groups is 1. The predicted octanol–water partition coefficient (Wildman–Crippen LogP) is 1.95. The monoisotopic (exact) mass is 335 g/mol. The second-order valence-corrected chi connectivity index (χ2v) is 7.16. The van der Waals surface area contributed by atoms with Gasteiger partial charge in [-0.3, -0.25) is 0 Å². The van der Waals surface area contributed by atoms with E-state index in [1.165, 1.54) is 16.6 Å². The molecule has 0 saturated carbocycles. The zero-order valence-electron chi connectivity index (χ0n) is 12.5. The summed E-state index contributed by atoms with van der Waals surface area (Å²) in [7, 11) is -3.72. The molecule has 0 amide bonds. The number of anilines is 1. The number of rotatable bonds is 8. The third kappa shape index (κ3) is 4.54. The van der Waals surface area contributed by atoms with Gasteiger partial charge in [-0.15, -0.1) is 0 Å². The molecule has 6 nitrogen and oxygen atoms in total. The molecule has 0 spiro atoms. The highest BCUT2D eigenvalue weighted by molar-refractivity contribution is 7.89. The minimum absolute atomic E-state index is 0.0247. The van der Waals surface area contributed by atoms with Gasteiger partial charge in [0.15, 0.2) is 0 Å². The Balaban J connectivity index is 3.11. The highest BCUT2D eigenvalue weighted by Crippen LogP contribution is 2.25. The van der Waals surface area contributed by atoms with Crippen molar-refractivity contribution in [1.29, 1.82) is 0 Å². The van der Waals surface area contributed by atoms with Crippen molar-refractivity contribution in [3.63, 3.8) is 0 Å². The van der Waals surface area contributed by atoms with Crippen LogP contribution in [0.4, 0.5) is 5.82 Å². The summed E-state index contributed by atoms with van der Waals surface area (Å²) in [5.74, 6) is 0.468. The molecule has 0 bridgehead atoms. The Morgan fingerprint density at radius 1 is 1.48 bits per heavy atom. The number of aliphatic hydroxyl groups excluding tert-OH is 1. The van der Waals surface area contributed by atoms with Crippen molar-refractivity contribution in [1.82, 2.24) is 9.29 Å². The van der Waals surface area contributed by atoms with Gasteiger partial charge in [-0.1, -0.05) is 18.5 Å². The Morgan fingerprint density at radius 3 is 2.62 bits per heavy atom. The van der Waals surface area contributed by atoms with Crippen LogP contribution in [-0.4, -0.2) is 48.6 Å². The van der Waals surface area contributed by atoms with Gasteiger partial charge in [-0.25, -0.2) is 13.4 Å². The smallest absolute Gasteiger partial charge is 0.244 e. The molecule has 0 saturated heterocycles. The van der Waals surface area contributed by atoms with Crippen molar-refractivity contribution in [3.05, 3.63) is 17.3 Å². The Kier molecular flexibility index (Phi) is 6.86. The average molecular weight is 336 g/mol. The maximum absolute atomic E-state index is 12.5. The average Bonchev–Trinajstić information content (AvgIpc) is 2.42. The summed E-state index contributed by atoms with van der Waals surface area (Å²) in [6, 6.07) is 1.12. The molecule has 8 heteroatoms. The Labute approximate surface area is 131 Å². The lowest BCUT2D eigenvalue weighted by Gasteiger charge is -2.25. The first-order valence-corrected chi connectivity index (χ1v) is 8.68. The Morgan fingerprint density at radius 2 is 2.14 bits per heavy atom. The minimum atomic E-state index is -3.72. The molecular weight excluding hydrogens is 314 g/mol. The number of hydrogen-bond acceptors (Lipinski definition) is 5. The van der Waals surface area contributed by atoms with Crippen molar-refractivity contribution in [2.24, 2.45) is 0 Å². The van der Waals surface area contributed by atoms with Crippen LogP contribution < -0.4 is 5.32 Å². The molecule has 0 radical (unpaired) electrons. The van der Waals surface area contributed by atoms with Crippen molar-refractivity contribution < 1.29 is 13.5 Å². The van der Waals surface area contributed by atoms with E-state index in [1.807, 2.05) is 6.92 Å². The van der Waals surface area contributed by atoms with Crippen molar-refractivity contribution in [2.75, 3.05) is 25.0 Å². The van der Waals surface area contributed by atoms with E-state index in [0.29, 0.717) is 12.4 Å². The van der Waals surface area contributed by atoms with Gasteiger partial charge in [0.05, 0.1) is 11.6 Å².